The van der Waals surface area contributed by atoms with E-state index in [1.54, 1.807) is 36.7 Å². The number of aromatic nitrogens is 2. The summed E-state index contributed by atoms with van der Waals surface area (Å²) in [6, 6.07) is 10.0. The first-order valence-corrected chi connectivity index (χ1v) is 13.2. The van der Waals surface area contributed by atoms with Crippen molar-refractivity contribution in [3.63, 3.8) is 0 Å². The fourth-order valence-corrected chi connectivity index (χ4v) is 4.77. The van der Waals surface area contributed by atoms with Gasteiger partial charge in [-0.3, -0.25) is 15.1 Å². The average Bonchev–Trinajstić information content (AvgIpc) is 3.39. The number of carbonyl (C=O) groups excluding carboxylic acids is 2. The van der Waals surface area contributed by atoms with Gasteiger partial charge in [0.1, 0.15) is 5.69 Å². The summed E-state index contributed by atoms with van der Waals surface area (Å²) in [5, 5.41) is 11.0. The third-order valence-corrected chi connectivity index (χ3v) is 7.12. The number of nitrogens with one attached hydrogen (secondary N) is 3. The number of piperidine rings is 1. The van der Waals surface area contributed by atoms with Gasteiger partial charge in [-0.1, -0.05) is 25.1 Å². The summed E-state index contributed by atoms with van der Waals surface area (Å²) >= 11 is 1.36. The first kappa shape index (κ1) is 25.6. The van der Waals surface area contributed by atoms with Crippen LogP contribution in [0.15, 0.2) is 54.2 Å². The van der Waals surface area contributed by atoms with Crippen molar-refractivity contribution in [3.8, 4) is 0 Å². The van der Waals surface area contributed by atoms with Gasteiger partial charge in [-0.05, 0) is 75.0 Å². The Morgan fingerprint density at radius 3 is 2.64 bits per heavy atom. The van der Waals surface area contributed by atoms with Crippen LogP contribution in [0.5, 0.6) is 0 Å². The van der Waals surface area contributed by atoms with E-state index in [2.05, 4.69) is 37.7 Å². The molecule has 36 heavy (non-hydrogen) atoms. The first-order valence-electron chi connectivity index (χ1n) is 12.3. The van der Waals surface area contributed by atoms with Crippen molar-refractivity contribution in [2.45, 2.75) is 38.6 Å². The van der Waals surface area contributed by atoms with Crippen LogP contribution < -0.4 is 21.7 Å². The molecule has 1 saturated heterocycles. The fraction of sp³-hybridized carbons (Fsp3) is 0.385. The third-order valence-electron chi connectivity index (χ3n) is 6.43. The largest absolute Gasteiger partial charge is 0.397 e. The highest BCUT2D eigenvalue weighted by Crippen LogP contribution is 2.22. The molecule has 9 nitrogen and oxygen atoms in total. The topological polar surface area (TPSA) is 125 Å². The molecular weight excluding hydrogens is 474 g/mol. The van der Waals surface area contributed by atoms with E-state index in [0.717, 1.165) is 44.0 Å². The van der Waals surface area contributed by atoms with Crippen LogP contribution in [0.3, 0.4) is 0 Å². The molecule has 1 aromatic carbocycles. The van der Waals surface area contributed by atoms with Gasteiger partial charge in [-0.2, -0.15) is 0 Å². The van der Waals surface area contributed by atoms with Crippen LogP contribution in [0.25, 0.3) is 0 Å². The van der Waals surface area contributed by atoms with Gasteiger partial charge >= 0.3 is 6.03 Å². The Balaban J connectivity index is 1.40. The second kappa shape index (κ2) is 12.5. The molecule has 1 fully saturated rings. The van der Waals surface area contributed by atoms with E-state index in [0.29, 0.717) is 16.5 Å². The number of nitrogens with zero attached hydrogens (tertiary/aromatic N) is 3. The minimum atomic E-state index is -0.343. The summed E-state index contributed by atoms with van der Waals surface area (Å²) in [4.78, 5) is 36.3. The summed E-state index contributed by atoms with van der Waals surface area (Å²) in [5.74, 6) is 0.454. The minimum absolute atomic E-state index is 0.247. The molecule has 3 aromatic rings. The molecule has 1 aliphatic rings. The normalized spacial score (nSPS) is 15.2. The van der Waals surface area contributed by atoms with Crippen LogP contribution in [-0.4, -0.2) is 46.4 Å². The molecule has 10 heteroatoms. The maximum atomic E-state index is 12.7. The summed E-state index contributed by atoms with van der Waals surface area (Å²) in [6.07, 6.45) is 7.46. The Bertz CT molecular complexity index is 1130. The Kier molecular flexibility index (Phi) is 8.85. The van der Waals surface area contributed by atoms with Gasteiger partial charge in [0.25, 0.3) is 5.91 Å². The van der Waals surface area contributed by atoms with E-state index in [-0.39, 0.29) is 23.7 Å². The number of amides is 3. The van der Waals surface area contributed by atoms with E-state index in [1.165, 1.54) is 24.2 Å². The van der Waals surface area contributed by atoms with Crippen LogP contribution in [0, 0.1) is 5.92 Å². The number of nitrogen functional groups attached to an aromatic ring is 1. The average molecular weight is 508 g/mol. The number of para-hydroxylation sites is 2. The Morgan fingerprint density at radius 1 is 1.14 bits per heavy atom. The highest BCUT2D eigenvalue weighted by molar-refractivity contribution is 7.13. The molecule has 2 aromatic heterocycles. The first-order chi connectivity index (χ1) is 17.5. The van der Waals surface area contributed by atoms with E-state index in [1.807, 2.05) is 17.5 Å². The molecule has 4 rings (SSSR count). The van der Waals surface area contributed by atoms with Crippen molar-refractivity contribution in [1.29, 1.82) is 0 Å². The second-order valence-corrected chi connectivity index (χ2v) is 10.1. The number of pyridine rings is 1. The van der Waals surface area contributed by atoms with Crippen molar-refractivity contribution in [3.05, 3.63) is 65.4 Å². The number of rotatable bonds is 9. The van der Waals surface area contributed by atoms with Gasteiger partial charge in [0.15, 0.2) is 5.13 Å². The van der Waals surface area contributed by atoms with Crippen molar-refractivity contribution in [2.75, 3.05) is 36.0 Å². The third kappa shape index (κ3) is 7.25. The lowest BCUT2D eigenvalue weighted by atomic mass is 9.98. The molecule has 0 bridgehead atoms. The number of nitrogens with two attached hydrogens (primary N) is 1. The molecule has 1 unspecified atom stereocenters. The van der Waals surface area contributed by atoms with E-state index >= 15 is 0 Å². The summed E-state index contributed by atoms with van der Waals surface area (Å²) < 4.78 is 0. The predicted octanol–water partition coefficient (Wildman–Crippen LogP) is 4.75. The molecule has 3 amide bonds. The number of carbonyl (C=O) groups is 2. The molecular formula is C26H33N7O2S. The molecule has 0 saturated carbocycles. The van der Waals surface area contributed by atoms with Gasteiger partial charge in [0.05, 0.1) is 17.4 Å². The van der Waals surface area contributed by atoms with Gasteiger partial charge in [-0.15, -0.1) is 11.3 Å². The molecule has 1 aliphatic heterocycles. The van der Waals surface area contributed by atoms with Gasteiger partial charge < -0.3 is 21.3 Å². The number of hydrogen-bond donors (Lipinski definition) is 4. The standard InChI is InChI=1S/C26H33N7O2S/c1-18-10-14-33(15-11-18)13-4-7-21(31-25(35)32-26-28-12-16-36-26)19-8-9-23(29-17-19)24(34)30-22-6-3-2-5-20(22)27/h2-3,5-6,8-9,12,16-18,21H,4,7,10-11,13-15,27H2,1H3,(H,30,34)(H2,28,31,32,35). The highest BCUT2D eigenvalue weighted by Gasteiger charge is 2.19. The number of thiazole rings is 1. The number of likely N-dealkylation sites (tertiary alicyclic amines) is 1. The number of benzene rings is 1. The summed E-state index contributed by atoms with van der Waals surface area (Å²) in [5.41, 5.74) is 8.07. The maximum Gasteiger partial charge on any atom is 0.321 e. The SMILES string of the molecule is CC1CCN(CCCC(NC(=O)Nc2nccs2)c2ccc(C(=O)Nc3ccccc3N)nc2)CC1. The van der Waals surface area contributed by atoms with Gasteiger partial charge in [0, 0.05) is 17.8 Å². The molecule has 190 valence electrons. The Hall–Kier alpha value is -3.50. The van der Waals surface area contributed by atoms with Crippen molar-refractivity contribution in [1.82, 2.24) is 20.2 Å². The lowest BCUT2D eigenvalue weighted by Crippen LogP contribution is -2.35. The quantitative estimate of drug-likeness (QED) is 0.310. The zero-order chi connectivity index (χ0) is 25.3. The lowest BCUT2D eigenvalue weighted by Gasteiger charge is -2.30. The molecule has 3 heterocycles. The second-order valence-electron chi connectivity index (χ2n) is 9.17. The highest BCUT2D eigenvalue weighted by atomic mass is 32.1. The monoisotopic (exact) mass is 507 g/mol. The van der Waals surface area contributed by atoms with E-state index in [9.17, 15) is 9.59 Å². The molecule has 0 spiro atoms. The van der Waals surface area contributed by atoms with Crippen LogP contribution in [0.1, 0.15) is 54.7 Å². The van der Waals surface area contributed by atoms with E-state index < -0.39 is 0 Å². The molecule has 0 radical (unpaired) electrons. The summed E-state index contributed by atoms with van der Waals surface area (Å²) in [6.45, 7) is 5.55. The Labute approximate surface area is 215 Å². The van der Waals surface area contributed by atoms with Crippen LogP contribution in [0.4, 0.5) is 21.3 Å². The van der Waals surface area contributed by atoms with Crippen LogP contribution in [0.2, 0.25) is 0 Å². The predicted molar refractivity (Wildman–Crippen MR) is 144 cm³/mol. The van der Waals surface area contributed by atoms with Crippen molar-refractivity contribution in [2.24, 2.45) is 5.92 Å². The maximum absolute atomic E-state index is 12.7. The number of anilines is 3. The lowest BCUT2D eigenvalue weighted by molar-refractivity contribution is 0.102. The van der Waals surface area contributed by atoms with Crippen LogP contribution in [-0.2, 0) is 0 Å². The zero-order valence-electron chi connectivity index (χ0n) is 20.4. The number of hydrogen-bond acceptors (Lipinski definition) is 7. The molecule has 1 atom stereocenters. The Morgan fingerprint density at radius 2 is 1.94 bits per heavy atom. The van der Waals surface area contributed by atoms with Gasteiger partial charge in [-0.25, -0.2) is 9.78 Å². The van der Waals surface area contributed by atoms with Gasteiger partial charge in [0.2, 0.25) is 0 Å². The van der Waals surface area contributed by atoms with Crippen molar-refractivity contribution >= 4 is 39.8 Å². The number of urea groups is 1. The van der Waals surface area contributed by atoms with E-state index in [4.69, 9.17) is 5.73 Å². The molecule has 5 N–H and O–H groups in total. The molecule has 0 aliphatic carbocycles. The smallest absolute Gasteiger partial charge is 0.321 e. The van der Waals surface area contributed by atoms with Crippen molar-refractivity contribution < 1.29 is 9.59 Å². The van der Waals surface area contributed by atoms with Crippen LogP contribution >= 0.6 is 11.3 Å². The zero-order valence-corrected chi connectivity index (χ0v) is 21.3. The minimum Gasteiger partial charge on any atom is -0.397 e. The fourth-order valence-electron chi connectivity index (χ4n) is 4.25. The summed E-state index contributed by atoms with van der Waals surface area (Å²) in [7, 11) is 0.